The van der Waals surface area contributed by atoms with Crippen LogP contribution in [0.15, 0.2) is 34.8 Å². The van der Waals surface area contributed by atoms with E-state index in [1.807, 2.05) is 0 Å². The van der Waals surface area contributed by atoms with E-state index in [0.29, 0.717) is 17.7 Å². The van der Waals surface area contributed by atoms with E-state index in [1.54, 1.807) is 31.2 Å². The minimum Gasteiger partial charge on any atom is -0.478 e. The third-order valence-electron chi connectivity index (χ3n) is 2.45. The Hall–Kier alpha value is -2.96. The lowest BCUT2D eigenvalue weighted by atomic mass is 10.1. The highest BCUT2D eigenvalue weighted by Gasteiger charge is 2.10. The molecular formula is C14H12N2O5. The van der Waals surface area contributed by atoms with E-state index in [9.17, 15) is 9.59 Å². The molecule has 1 aromatic heterocycles. The van der Waals surface area contributed by atoms with Gasteiger partial charge in [0.2, 0.25) is 11.8 Å². The highest BCUT2D eigenvalue weighted by Crippen LogP contribution is 2.19. The van der Waals surface area contributed by atoms with Gasteiger partial charge in [-0.1, -0.05) is 0 Å². The number of esters is 1. The Morgan fingerprint density at radius 3 is 2.62 bits per heavy atom. The van der Waals surface area contributed by atoms with Crippen LogP contribution in [0.25, 0.3) is 17.5 Å². The average molecular weight is 288 g/mol. The number of carbonyl (C=O) groups is 2. The third kappa shape index (κ3) is 3.75. The minimum absolute atomic E-state index is 0.0851. The molecular weight excluding hydrogens is 276 g/mol. The number of aliphatic carboxylic acids is 1. The van der Waals surface area contributed by atoms with E-state index in [-0.39, 0.29) is 11.8 Å². The first kappa shape index (κ1) is 14.4. The summed E-state index contributed by atoms with van der Waals surface area (Å²) >= 11 is 0. The predicted octanol–water partition coefficient (Wildman–Crippen LogP) is 2.01. The second-order valence-corrected chi connectivity index (χ2v) is 3.91. The van der Waals surface area contributed by atoms with Crippen LogP contribution in [0.3, 0.4) is 0 Å². The summed E-state index contributed by atoms with van der Waals surface area (Å²) in [4.78, 5) is 21.9. The molecule has 0 aliphatic heterocycles. The van der Waals surface area contributed by atoms with Gasteiger partial charge >= 0.3 is 11.9 Å². The van der Waals surface area contributed by atoms with Gasteiger partial charge in [-0.3, -0.25) is 0 Å². The van der Waals surface area contributed by atoms with E-state index < -0.39 is 11.9 Å². The zero-order chi connectivity index (χ0) is 15.2. The third-order valence-corrected chi connectivity index (χ3v) is 2.45. The molecule has 0 amide bonds. The van der Waals surface area contributed by atoms with Gasteiger partial charge in [-0.25, -0.2) is 9.59 Å². The molecule has 2 aromatic rings. The molecule has 0 spiro atoms. The number of hydrogen-bond donors (Lipinski definition) is 1. The van der Waals surface area contributed by atoms with Crippen molar-refractivity contribution in [3.05, 3.63) is 41.8 Å². The van der Waals surface area contributed by atoms with Crippen molar-refractivity contribution in [1.82, 2.24) is 10.2 Å². The Labute approximate surface area is 119 Å². The summed E-state index contributed by atoms with van der Waals surface area (Å²) in [5.41, 5.74) is 1.04. The Balaban J connectivity index is 2.15. The Kier molecular flexibility index (Phi) is 4.45. The Morgan fingerprint density at radius 2 is 2.00 bits per heavy atom. The number of rotatable bonds is 5. The standard InChI is InChI=1S/C14H12N2O5/c1-2-20-14(19)10-5-3-9(4-6-10)13-16-15-11(21-13)7-8-12(17)18/h3-8H,2H2,1H3,(H,17,18)/b8-7+. The van der Waals surface area contributed by atoms with E-state index in [1.165, 1.54) is 6.08 Å². The lowest BCUT2D eigenvalue weighted by Crippen LogP contribution is -2.03. The van der Waals surface area contributed by atoms with Gasteiger partial charge in [0, 0.05) is 17.7 Å². The normalized spacial score (nSPS) is 10.7. The van der Waals surface area contributed by atoms with Crippen molar-refractivity contribution < 1.29 is 23.8 Å². The van der Waals surface area contributed by atoms with Gasteiger partial charge in [0.25, 0.3) is 0 Å². The molecule has 0 saturated heterocycles. The molecule has 0 radical (unpaired) electrons. The fourth-order valence-corrected chi connectivity index (χ4v) is 1.52. The SMILES string of the molecule is CCOC(=O)c1ccc(-c2nnc(/C=C/C(=O)O)o2)cc1. The van der Waals surface area contributed by atoms with Crippen molar-refractivity contribution >= 4 is 18.0 Å². The maximum absolute atomic E-state index is 11.5. The number of aromatic nitrogens is 2. The summed E-state index contributed by atoms with van der Waals surface area (Å²) in [5, 5.41) is 16.0. The van der Waals surface area contributed by atoms with Crippen molar-refractivity contribution in [3.8, 4) is 11.5 Å². The van der Waals surface area contributed by atoms with Gasteiger partial charge in [0.1, 0.15) is 0 Å². The molecule has 0 saturated carbocycles. The van der Waals surface area contributed by atoms with Crippen LogP contribution in [0.2, 0.25) is 0 Å². The van der Waals surface area contributed by atoms with Gasteiger partial charge in [-0.2, -0.15) is 0 Å². The summed E-state index contributed by atoms with van der Waals surface area (Å²) in [6.07, 6.45) is 2.10. The topological polar surface area (TPSA) is 103 Å². The van der Waals surface area contributed by atoms with Gasteiger partial charge in [0.15, 0.2) is 0 Å². The molecule has 1 heterocycles. The summed E-state index contributed by atoms with van der Waals surface area (Å²) < 4.78 is 10.2. The molecule has 0 aliphatic rings. The molecule has 21 heavy (non-hydrogen) atoms. The van der Waals surface area contributed by atoms with Crippen LogP contribution >= 0.6 is 0 Å². The maximum atomic E-state index is 11.5. The Bertz CT molecular complexity index is 673. The minimum atomic E-state index is -1.10. The van der Waals surface area contributed by atoms with Crippen LogP contribution in [0.4, 0.5) is 0 Å². The summed E-state index contributed by atoms with van der Waals surface area (Å²) in [6, 6.07) is 6.46. The monoisotopic (exact) mass is 288 g/mol. The van der Waals surface area contributed by atoms with Crippen LogP contribution in [-0.2, 0) is 9.53 Å². The fourth-order valence-electron chi connectivity index (χ4n) is 1.52. The second kappa shape index (κ2) is 6.47. The largest absolute Gasteiger partial charge is 0.478 e. The molecule has 108 valence electrons. The molecule has 1 N–H and O–H groups in total. The van der Waals surface area contributed by atoms with Gasteiger partial charge in [0.05, 0.1) is 12.2 Å². The first-order valence-corrected chi connectivity index (χ1v) is 6.12. The summed E-state index contributed by atoms with van der Waals surface area (Å²) in [5.74, 6) is -1.19. The lowest BCUT2D eigenvalue weighted by Gasteiger charge is -2.01. The van der Waals surface area contributed by atoms with Crippen molar-refractivity contribution in [2.45, 2.75) is 6.92 Å². The zero-order valence-electron chi connectivity index (χ0n) is 11.1. The molecule has 7 nitrogen and oxygen atoms in total. The van der Waals surface area contributed by atoms with E-state index in [2.05, 4.69) is 10.2 Å². The van der Waals surface area contributed by atoms with Crippen LogP contribution < -0.4 is 0 Å². The van der Waals surface area contributed by atoms with Crippen molar-refractivity contribution in [3.63, 3.8) is 0 Å². The predicted molar refractivity (Wildman–Crippen MR) is 72.4 cm³/mol. The van der Waals surface area contributed by atoms with Crippen LogP contribution in [-0.4, -0.2) is 33.8 Å². The van der Waals surface area contributed by atoms with Crippen molar-refractivity contribution in [1.29, 1.82) is 0 Å². The van der Waals surface area contributed by atoms with Gasteiger partial charge in [-0.15, -0.1) is 10.2 Å². The zero-order valence-corrected chi connectivity index (χ0v) is 11.1. The average Bonchev–Trinajstić information content (AvgIpc) is 2.94. The van der Waals surface area contributed by atoms with E-state index in [0.717, 1.165) is 6.08 Å². The van der Waals surface area contributed by atoms with Crippen LogP contribution in [0, 0.1) is 0 Å². The number of carboxylic acids is 1. The number of nitrogens with zero attached hydrogens (tertiary/aromatic N) is 2. The number of carboxylic acid groups (broad SMARTS) is 1. The number of ether oxygens (including phenoxy) is 1. The molecule has 0 atom stereocenters. The molecule has 0 bridgehead atoms. The molecule has 0 fully saturated rings. The van der Waals surface area contributed by atoms with E-state index in [4.69, 9.17) is 14.3 Å². The summed E-state index contributed by atoms with van der Waals surface area (Å²) in [6.45, 7) is 2.04. The molecule has 0 unspecified atom stereocenters. The quantitative estimate of drug-likeness (QED) is 0.663. The molecule has 2 rings (SSSR count). The number of benzene rings is 1. The number of carbonyl (C=O) groups excluding carboxylic acids is 1. The molecule has 1 aromatic carbocycles. The highest BCUT2D eigenvalue weighted by atomic mass is 16.5. The smallest absolute Gasteiger partial charge is 0.338 e. The summed E-state index contributed by atoms with van der Waals surface area (Å²) in [7, 11) is 0. The van der Waals surface area contributed by atoms with Gasteiger partial charge < -0.3 is 14.3 Å². The van der Waals surface area contributed by atoms with Crippen molar-refractivity contribution in [2.24, 2.45) is 0 Å². The second-order valence-electron chi connectivity index (χ2n) is 3.91. The first-order valence-electron chi connectivity index (χ1n) is 6.12. The molecule has 0 aliphatic carbocycles. The Morgan fingerprint density at radius 1 is 1.29 bits per heavy atom. The first-order chi connectivity index (χ1) is 10.1. The van der Waals surface area contributed by atoms with E-state index >= 15 is 0 Å². The van der Waals surface area contributed by atoms with Crippen LogP contribution in [0.1, 0.15) is 23.2 Å². The lowest BCUT2D eigenvalue weighted by molar-refractivity contribution is -0.131. The van der Waals surface area contributed by atoms with Crippen molar-refractivity contribution in [2.75, 3.05) is 6.61 Å². The highest BCUT2D eigenvalue weighted by molar-refractivity contribution is 5.89. The number of hydrogen-bond acceptors (Lipinski definition) is 6. The molecule has 7 heteroatoms. The maximum Gasteiger partial charge on any atom is 0.338 e. The van der Waals surface area contributed by atoms with Crippen LogP contribution in [0.5, 0.6) is 0 Å². The fraction of sp³-hybridized carbons (Fsp3) is 0.143. The van der Waals surface area contributed by atoms with Gasteiger partial charge in [-0.05, 0) is 31.2 Å².